The molecule has 0 aliphatic rings. The van der Waals surface area contributed by atoms with E-state index in [0.29, 0.717) is 18.4 Å². The minimum Gasteiger partial charge on any atom is -0.329 e. The van der Waals surface area contributed by atoms with E-state index in [-0.39, 0.29) is 5.54 Å². The van der Waals surface area contributed by atoms with Crippen molar-refractivity contribution in [2.45, 2.75) is 52.6 Å². The minimum absolute atomic E-state index is 0.0810. The summed E-state index contributed by atoms with van der Waals surface area (Å²) in [5.74, 6) is 1.29. The van der Waals surface area contributed by atoms with Crippen LogP contribution in [0.3, 0.4) is 0 Å². The van der Waals surface area contributed by atoms with E-state index < -0.39 is 0 Å². The van der Waals surface area contributed by atoms with Crippen LogP contribution in [0, 0.1) is 11.8 Å². The predicted molar refractivity (Wildman–Crippen MR) is 96.3 cm³/mol. The number of rotatable bonds is 8. The summed E-state index contributed by atoms with van der Waals surface area (Å²) in [5, 5.41) is 0. The van der Waals surface area contributed by atoms with Crippen LogP contribution in [-0.4, -0.2) is 24.0 Å². The molecular formula is C18H31BrN2. The topological polar surface area (TPSA) is 29.3 Å². The van der Waals surface area contributed by atoms with E-state index in [9.17, 15) is 0 Å². The quantitative estimate of drug-likeness (QED) is 0.734. The molecule has 2 nitrogen and oxygen atoms in total. The molecule has 0 aliphatic carbocycles. The zero-order valence-electron chi connectivity index (χ0n) is 14.2. The van der Waals surface area contributed by atoms with Gasteiger partial charge in [-0.1, -0.05) is 61.8 Å². The Morgan fingerprint density at radius 2 is 1.62 bits per heavy atom. The molecule has 0 saturated carbocycles. The smallest absolute Gasteiger partial charge is 0.0337 e. The van der Waals surface area contributed by atoms with E-state index in [1.807, 2.05) is 0 Å². The first-order valence-corrected chi connectivity index (χ1v) is 8.74. The predicted octanol–water partition coefficient (Wildman–Crippen LogP) is 4.67. The van der Waals surface area contributed by atoms with Gasteiger partial charge in [-0.25, -0.2) is 0 Å². The minimum atomic E-state index is 0.0810. The third-order valence-corrected chi connectivity index (χ3v) is 4.91. The summed E-state index contributed by atoms with van der Waals surface area (Å²) in [7, 11) is 2.22. The van der Waals surface area contributed by atoms with E-state index in [0.717, 1.165) is 19.4 Å². The van der Waals surface area contributed by atoms with Crippen LogP contribution in [0.2, 0.25) is 0 Å². The van der Waals surface area contributed by atoms with E-state index in [4.69, 9.17) is 5.73 Å². The Balaban J connectivity index is 2.98. The van der Waals surface area contributed by atoms with E-state index in [1.54, 1.807) is 0 Å². The van der Waals surface area contributed by atoms with Gasteiger partial charge < -0.3 is 5.73 Å². The fourth-order valence-corrected chi connectivity index (χ4v) is 3.70. The molecule has 21 heavy (non-hydrogen) atoms. The third kappa shape index (κ3) is 5.39. The molecule has 0 heterocycles. The van der Waals surface area contributed by atoms with Crippen molar-refractivity contribution in [2.75, 3.05) is 13.6 Å². The van der Waals surface area contributed by atoms with Crippen LogP contribution in [-0.2, 0) is 6.54 Å². The lowest BCUT2D eigenvalue weighted by atomic mass is 9.80. The number of nitrogens with zero attached hydrogens (tertiary/aromatic N) is 1. The number of benzene rings is 1. The van der Waals surface area contributed by atoms with E-state index >= 15 is 0 Å². The van der Waals surface area contributed by atoms with E-state index in [1.165, 1.54) is 10.0 Å². The van der Waals surface area contributed by atoms with Crippen molar-refractivity contribution in [2.24, 2.45) is 17.6 Å². The molecular weight excluding hydrogens is 324 g/mol. The fraction of sp³-hybridized carbons (Fsp3) is 0.667. The summed E-state index contributed by atoms with van der Waals surface area (Å²) in [6, 6.07) is 8.46. The van der Waals surface area contributed by atoms with Crippen molar-refractivity contribution in [1.82, 2.24) is 4.90 Å². The van der Waals surface area contributed by atoms with Gasteiger partial charge in [-0.15, -0.1) is 0 Å². The summed E-state index contributed by atoms with van der Waals surface area (Å²) in [4.78, 5) is 2.47. The molecule has 3 heteroatoms. The van der Waals surface area contributed by atoms with Gasteiger partial charge in [0, 0.05) is 23.1 Å². The molecule has 0 atom stereocenters. The highest BCUT2D eigenvalue weighted by molar-refractivity contribution is 9.10. The highest BCUT2D eigenvalue weighted by atomic mass is 79.9. The maximum atomic E-state index is 6.24. The monoisotopic (exact) mass is 354 g/mol. The lowest BCUT2D eigenvalue weighted by Gasteiger charge is -2.44. The van der Waals surface area contributed by atoms with Crippen molar-refractivity contribution in [3.05, 3.63) is 34.3 Å². The second-order valence-electron chi connectivity index (χ2n) is 7.07. The lowest BCUT2D eigenvalue weighted by Crippen LogP contribution is -2.53. The van der Waals surface area contributed by atoms with Crippen molar-refractivity contribution in [3.8, 4) is 0 Å². The summed E-state index contributed by atoms with van der Waals surface area (Å²) in [6.45, 7) is 10.8. The lowest BCUT2D eigenvalue weighted by molar-refractivity contribution is 0.0712. The largest absolute Gasteiger partial charge is 0.329 e. The Labute approximate surface area is 139 Å². The molecule has 1 aromatic rings. The van der Waals surface area contributed by atoms with Gasteiger partial charge >= 0.3 is 0 Å². The summed E-state index contributed by atoms with van der Waals surface area (Å²) < 4.78 is 1.18. The van der Waals surface area contributed by atoms with Gasteiger partial charge in [0.2, 0.25) is 0 Å². The molecule has 120 valence electrons. The Morgan fingerprint density at radius 1 is 1.10 bits per heavy atom. The van der Waals surface area contributed by atoms with Crippen molar-refractivity contribution >= 4 is 15.9 Å². The van der Waals surface area contributed by atoms with E-state index in [2.05, 4.69) is 79.8 Å². The molecule has 1 rings (SSSR count). The van der Waals surface area contributed by atoms with Crippen LogP contribution in [0.5, 0.6) is 0 Å². The zero-order valence-corrected chi connectivity index (χ0v) is 15.8. The Kier molecular flexibility index (Phi) is 7.38. The summed E-state index contributed by atoms with van der Waals surface area (Å²) in [6.07, 6.45) is 2.28. The van der Waals surface area contributed by atoms with Gasteiger partial charge in [-0.05, 0) is 43.4 Å². The molecule has 0 aliphatic heterocycles. The number of likely N-dealkylation sites (N-methyl/N-ethyl adjacent to an activating group) is 1. The van der Waals surface area contributed by atoms with Gasteiger partial charge in [-0.2, -0.15) is 0 Å². The zero-order chi connectivity index (χ0) is 16.0. The third-order valence-electron chi connectivity index (χ3n) is 4.13. The molecule has 0 radical (unpaired) electrons. The first-order valence-electron chi connectivity index (χ1n) is 7.95. The number of hydrogen-bond acceptors (Lipinski definition) is 2. The molecule has 0 saturated heterocycles. The van der Waals surface area contributed by atoms with Gasteiger partial charge in [0.15, 0.2) is 0 Å². The average Bonchev–Trinajstić information content (AvgIpc) is 2.39. The SMILES string of the molecule is CC(C)CC(CN)(CC(C)C)N(C)Cc1ccccc1Br. The fourth-order valence-electron chi connectivity index (χ4n) is 3.29. The van der Waals surface area contributed by atoms with Gasteiger partial charge in [0.05, 0.1) is 0 Å². The standard InChI is InChI=1S/C18H31BrN2/c1-14(2)10-18(13-20,11-15(3)4)21(5)12-16-8-6-7-9-17(16)19/h6-9,14-15H,10-13,20H2,1-5H3. The van der Waals surface area contributed by atoms with Crippen LogP contribution >= 0.6 is 15.9 Å². The molecule has 0 fully saturated rings. The normalized spacial score (nSPS) is 12.7. The van der Waals surface area contributed by atoms with Gasteiger partial charge in [0.1, 0.15) is 0 Å². The molecule has 2 N–H and O–H groups in total. The molecule has 0 unspecified atom stereocenters. The molecule has 1 aromatic carbocycles. The molecule has 0 amide bonds. The van der Waals surface area contributed by atoms with Crippen LogP contribution in [0.25, 0.3) is 0 Å². The highest BCUT2D eigenvalue weighted by Gasteiger charge is 2.34. The average molecular weight is 355 g/mol. The second kappa shape index (κ2) is 8.30. The number of hydrogen-bond donors (Lipinski definition) is 1. The van der Waals surface area contributed by atoms with Crippen molar-refractivity contribution < 1.29 is 0 Å². The highest BCUT2D eigenvalue weighted by Crippen LogP contribution is 2.31. The Bertz CT molecular complexity index is 419. The maximum absolute atomic E-state index is 6.24. The molecule has 0 aromatic heterocycles. The second-order valence-corrected chi connectivity index (χ2v) is 7.93. The summed E-state index contributed by atoms with van der Waals surface area (Å²) >= 11 is 3.66. The van der Waals surface area contributed by atoms with Crippen LogP contribution < -0.4 is 5.73 Å². The van der Waals surface area contributed by atoms with Crippen LogP contribution in [0.15, 0.2) is 28.7 Å². The molecule has 0 bridgehead atoms. The van der Waals surface area contributed by atoms with Crippen LogP contribution in [0.1, 0.15) is 46.1 Å². The molecule has 0 spiro atoms. The number of nitrogens with two attached hydrogens (primary N) is 1. The van der Waals surface area contributed by atoms with Crippen molar-refractivity contribution in [3.63, 3.8) is 0 Å². The van der Waals surface area contributed by atoms with Gasteiger partial charge in [0.25, 0.3) is 0 Å². The van der Waals surface area contributed by atoms with Gasteiger partial charge in [-0.3, -0.25) is 4.90 Å². The summed E-state index contributed by atoms with van der Waals surface area (Å²) in [5.41, 5.74) is 7.65. The first kappa shape index (κ1) is 18.7. The Morgan fingerprint density at radius 3 is 2.05 bits per heavy atom. The van der Waals surface area contributed by atoms with Crippen LogP contribution in [0.4, 0.5) is 0 Å². The number of halogens is 1. The first-order chi connectivity index (χ1) is 9.80. The maximum Gasteiger partial charge on any atom is 0.0337 e. The Hall–Kier alpha value is -0.380. The van der Waals surface area contributed by atoms with Crippen molar-refractivity contribution in [1.29, 1.82) is 0 Å².